The van der Waals surface area contributed by atoms with Gasteiger partial charge in [0.1, 0.15) is 11.8 Å². The molecule has 2 rings (SSSR count). The normalized spacial score (nSPS) is 12.3. The molecule has 140 valence electrons. The fourth-order valence-electron chi connectivity index (χ4n) is 2.50. The molecule has 0 heterocycles. The number of sulfonamides is 1. The van der Waals surface area contributed by atoms with E-state index in [1.54, 1.807) is 49.0 Å². The Balaban J connectivity index is 2.31. The van der Waals surface area contributed by atoms with E-state index < -0.39 is 22.0 Å². The molecule has 8 heteroatoms. The lowest BCUT2D eigenvalue weighted by Crippen LogP contribution is -2.45. The van der Waals surface area contributed by atoms with Crippen LogP contribution in [0.2, 0.25) is 0 Å². The van der Waals surface area contributed by atoms with Gasteiger partial charge in [0, 0.05) is 16.6 Å². The van der Waals surface area contributed by atoms with Gasteiger partial charge in [0.25, 0.3) is 0 Å². The summed E-state index contributed by atoms with van der Waals surface area (Å²) in [5.41, 5.74) is 0.986. The van der Waals surface area contributed by atoms with Gasteiger partial charge in [0.2, 0.25) is 15.9 Å². The van der Waals surface area contributed by atoms with E-state index in [9.17, 15) is 13.2 Å². The molecular weight excluding hydrogens is 372 g/mol. The van der Waals surface area contributed by atoms with Crippen LogP contribution in [0.4, 0.5) is 11.4 Å². The zero-order valence-electron chi connectivity index (χ0n) is 15.1. The van der Waals surface area contributed by atoms with Crippen LogP contribution < -0.4 is 14.4 Å². The summed E-state index contributed by atoms with van der Waals surface area (Å²) in [5.74, 6) is 0.0907. The highest BCUT2D eigenvalue weighted by Crippen LogP contribution is 2.26. The molecule has 0 radical (unpaired) electrons. The number of amides is 1. The second-order valence-corrected chi connectivity index (χ2v) is 8.40. The Kier molecular flexibility index (Phi) is 6.55. The summed E-state index contributed by atoms with van der Waals surface area (Å²) in [4.78, 5) is 13.7. The molecule has 0 aliphatic carbocycles. The minimum Gasteiger partial charge on any atom is -0.497 e. The number of thioether (sulfide) groups is 1. The van der Waals surface area contributed by atoms with Gasteiger partial charge in [0.15, 0.2) is 0 Å². The predicted octanol–water partition coefficient (Wildman–Crippen LogP) is 3.21. The summed E-state index contributed by atoms with van der Waals surface area (Å²) in [5, 5.41) is 2.78. The van der Waals surface area contributed by atoms with Gasteiger partial charge in [-0.15, -0.1) is 11.8 Å². The Morgan fingerprint density at radius 2 is 1.88 bits per heavy atom. The Hall–Kier alpha value is -2.19. The molecule has 6 nitrogen and oxygen atoms in total. The maximum Gasteiger partial charge on any atom is 0.247 e. The van der Waals surface area contributed by atoms with Crippen molar-refractivity contribution in [3.05, 3.63) is 48.5 Å². The molecular formula is C18H22N2O4S2. The van der Waals surface area contributed by atoms with Crippen LogP contribution in [-0.2, 0) is 14.8 Å². The molecule has 1 amide bonds. The average Bonchev–Trinajstić information content (AvgIpc) is 2.61. The van der Waals surface area contributed by atoms with E-state index in [1.165, 1.54) is 7.11 Å². The number of methoxy groups -OCH3 is 1. The number of ether oxygens (including phenoxy) is 1. The number of anilines is 2. The van der Waals surface area contributed by atoms with Crippen molar-refractivity contribution in [3.63, 3.8) is 0 Å². The van der Waals surface area contributed by atoms with Crippen LogP contribution in [0.25, 0.3) is 0 Å². The highest BCUT2D eigenvalue weighted by atomic mass is 32.2. The van der Waals surface area contributed by atoms with Crippen LogP contribution in [0.1, 0.15) is 6.92 Å². The minimum absolute atomic E-state index is 0.368. The number of nitrogens with zero attached hydrogens (tertiary/aromatic N) is 1. The summed E-state index contributed by atoms with van der Waals surface area (Å²) < 4.78 is 30.9. The summed E-state index contributed by atoms with van der Waals surface area (Å²) in [7, 11) is -2.18. The molecule has 0 spiro atoms. The van der Waals surface area contributed by atoms with Gasteiger partial charge in [-0.3, -0.25) is 9.10 Å². The van der Waals surface area contributed by atoms with E-state index in [4.69, 9.17) is 4.74 Å². The zero-order valence-corrected chi connectivity index (χ0v) is 16.7. The van der Waals surface area contributed by atoms with E-state index in [2.05, 4.69) is 5.32 Å². The van der Waals surface area contributed by atoms with Crippen molar-refractivity contribution in [1.29, 1.82) is 0 Å². The van der Waals surface area contributed by atoms with Crippen LogP contribution in [0.15, 0.2) is 53.4 Å². The molecule has 1 atom stereocenters. The zero-order chi connectivity index (χ0) is 19.3. The third-order valence-electron chi connectivity index (χ3n) is 3.73. The second-order valence-electron chi connectivity index (χ2n) is 5.66. The summed E-state index contributed by atoms with van der Waals surface area (Å²) >= 11 is 1.56. The Bertz CT molecular complexity index is 884. The molecule has 0 aromatic heterocycles. The largest absolute Gasteiger partial charge is 0.497 e. The Labute approximate surface area is 158 Å². The number of nitrogens with one attached hydrogen (secondary N) is 1. The average molecular weight is 395 g/mol. The monoisotopic (exact) mass is 394 g/mol. The number of benzene rings is 2. The van der Waals surface area contributed by atoms with Crippen molar-refractivity contribution in [2.24, 2.45) is 0 Å². The molecule has 2 aromatic rings. The highest BCUT2D eigenvalue weighted by molar-refractivity contribution is 7.98. The van der Waals surface area contributed by atoms with Gasteiger partial charge in [-0.25, -0.2) is 8.42 Å². The van der Waals surface area contributed by atoms with E-state index >= 15 is 0 Å². The lowest BCUT2D eigenvalue weighted by molar-refractivity contribution is -0.116. The lowest BCUT2D eigenvalue weighted by Gasteiger charge is -2.28. The van der Waals surface area contributed by atoms with Gasteiger partial charge >= 0.3 is 0 Å². The van der Waals surface area contributed by atoms with Crippen LogP contribution in [-0.4, -0.2) is 40.0 Å². The van der Waals surface area contributed by atoms with Gasteiger partial charge in [-0.2, -0.15) is 0 Å². The minimum atomic E-state index is -3.68. The van der Waals surface area contributed by atoms with Gasteiger partial charge in [0.05, 0.1) is 19.1 Å². The number of hydrogen-bond acceptors (Lipinski definition) is 5. The van der Waals surface area contributed by atoms with E-state index in [0.717, 1.165) is 15.5 Å². The van der Waals surface area contributed by atoms with Gasteiger partial charge < -0.3 is 10.1 Å². The lowest BCUT2D eigenvalue weighted by atomic mass is 10.2. The first kappa shape index (κ1) is 20.1. The molecule has 0 fully saturated rings. The van der Waals surface area contributed by atoms with Crippen molar-refractivity contribution >= 4 is 39.1 Å². The van der Waals surface area contributed by atoms with Crippen molar-refractivity contribution in [1.82, 2.24) is 0 Å². The fraction of sp³-hybridized carbons (Fsp3) is 0.278. The topological polar surface area (TPSA) is 75.7 Å². The fourth-order valence-corrected chi connectivity index (χ4v) is 4.13. The maximum atomic E-state index is 12.7. The Morgan fingerprint density at radius 3 is 2.50 bits per heavy atom. The molecule has 0 saturated carbocycles. The first-order chi connectivity index (χ1) is 12.3. The molecule has 26 heavy (non-hydrogen) atoms. The van der Waals surface area contributed by atoms with Crippen molar-refractivity contribution in [2.75, 3.05) is 29.2 Å². The number of hydrogen-bond donors (Lipinski definition) is 1. The molecule has 0 saturated heterocycles. The second kappa shape index (κ2) is 8.46. The van der Waals surface area contributed by atoms with E-state index in [-0.39, 0.29) is 0 Å². The highest BCUT2D eigenvalue weighted by Gasteiger charge is 2.29. The Morgan fingerprint density at radius 1 is 1.19 bits per heavy atom. The third-order valence-corrected chi connectivity index (χ3v) is 5.70. The van der Waals surface area contributed by atoms with Crippen molar-refractivity contribution < 1.29 is 17.9 Å². The van der Waals surface area contributed by atoms with E-state index in [0.29, 0.717) is 17.1 Å². The predicted molar refractivity (Wildman–Crippen MR) is 107 cm³/mol. The van der Waals surface area contributed by atoms with E-state index in [1.807, 2.05) is 24.5 Å². The number of carbonyl (C=O) groups excluding carboxylic acids is 1. The van der Waals surface area contributed by atoms with Crippen LogP contribution >= 0.6 is 11.8 Å². The molecule has 0 aliphatic heterocycles. The summed E-state index contributed by atoms with van der Waals surface area (Å²) in [6.45, 7) is 1.55. The quantitative estimate of drug-likeness (QED) is 0.730. The van der Waals surface area contributed by atoms with Gasteiger partial charge in [-0.1, -0.05) is 12.1 Å². The molecule has 0 bridgehead atoms. The van der Waals surface area contributed by atoms with Crippen molar-refractivity contribution in [2.45, 2.75) is 17.9 Å². The van der Waals surface area contributed by atoms with Crippen LogP contribution in [0.5, 0.6) is 5.75 Å². The third kappa shape index (κ3) is 4.92. The van der Waals surface area contributed by atoms with Gasteiger partial charge in [-0.05, 0) is 43.5 Å². The molecule has 0 unspecified atom stereocenters. The SMILES string of the molecule is COc1cccc(N([C@@H](C)C(=O)Nc2cccc(SC)c2)S(C)(=O)=O)c1. The first-order valence-electron chi connectivity index (χ1n) is 7.84. The summed E-state index contributed by atoms with van der Waals surface area (Å²) in [6.07, 6.45) is 3.02. The first-order valence-corrected chi connectivity index (χ1v) is 10.9. The van der Waals surface area contributed by atoms with Crippen LogP contribution in [0, 0.1) is 0 Å². The van der Waals surface area contributed by atoms with Crippen LogP contribution in [0.3, 0.4) is 0 Å². The molecule has 1 N–H and O–H groups in total. The molecule has 0 aliphatic rings. The standard InChI is InChI=1S/C18H22N2O4S2/c1-13(18(21)19-14-7-5-10-17(11-14)25-3)20(26(4,22)23)15-8-6-9-16(12-15)24-2/h5-13H,1-4H3,(H,19,21)/t13-/m0/s1. The van der Waals surface area contributed by atoms with Crippen molar-refractivity contribution in [3.8, 4) is 5.75 Å². The maximum absolute atomic E-state index is 12.7. The summed E-state index contributed by atoms with van der Waals surface area (Å²) in [6, 6.07) is 13.0. The number of carbonyl (C=O) groups is 1. The number of rotatable bonds is 7. The smallest absolute Gasteiger partial charge is 0.247 e. The molecule has 2 aromatic carbocycles.